The molecule has 0 amide bonds. The number of benzene rings is 1. The standard InChI is InChI=1S/C14H14Cl2IN3/c1-14(2,3)11-10(17)12(18)20-13(19-11)7-4-8(15)6-9(16)5-7/h4-6H,1-3H3,(H2,18,19,20). The van der Waals surface area contributed by atoms with E-state index >= 15 is 0 Å². The van der Waals surface area contributed by atoms with Gasteiger partial charge in [-0.2, -0.15) is 0 Å². The molecule has 1 heterocycles. The van der Waals surface area contributed by atoms with Gasteiger partial charge in [0.25, 0.3) is 0 Å². The summed E-state index contributed by atoms with van der Waals surface area (Å²) in [5, 5.41) is 1.09. The lowest BCUT2D eigenvalue weighted by Crippen LogP contribution is -2.18. The Morgan fingerprint density at radius 3 is 2.10 bits per heavy atom. The Labute approximate surface area is 142 Å². The minimum absolute atomic E-state index is 0.120. The van der Waals surface area contributed by atoms with Crippen molar-refractivity contribution in [2.45, 2.75) is 26.2 Å². The van der Waals surface area contributed by atoms with E-state index in [2.05, 4.69) is 53.3 Å². The molecule has 0 bridgehead atoms. The molecule has 1 aromatic heterocycles. The summed E-state index contributed by atoms with van der Waals surface area (Å²) in [4.78, 5) is 8.98. The molecule has 2 rings (SSSR count). The summed E-state index contributed by atoms with van der Waals surface area (Å²) < 4.78 is 0.881. The Morgan fingerprint density at radius 1 is 1.05 bits per heavy atom. The van der Waals surface area contributed by atoms with E-state index in [9.17, 15) is 0 Å². The highest BCUT2D eigenvalue weighted by atomic mass is 127. The fourth-order valence-corrected chi connectivity index (χ4v) is 3.35. The third-order valence-electron chi connectivity index (χ3n) is 2.71. The van der Waals surface area contributed by atoms with Gasteiger partial charge in [-0.05, 0) is 40.8 Å². The third kappa shape index (κ3) is 3.35. The summed E-state index contributed by atoms with van der Waals surface area (Å²) in [6, 6.07) is 5.23. The van der Waals surface area contributed by atoms with Crippen molar-refractivity contribution >= 4 is 51.6 Å². The van der Waals surface area contributed by atoms with Crippen molar-refractivity contribution in [1.82, 2.24) is 9.97 Å². The Morgan fingerprint density at radius 2 is 1.60 bits per heavy atom. The van der Waals surface area contributed by atoms with Gasteiger partial charge in [0.05, 0.1) is 9.26 Å². The van der Waals surface area contributed by atoms with Crippen LogP contribution in [-0.4, -0.2) is 9.97 Å². The average molecular weight is 422 g/mol. The number of nitrogen functional groups attached to an aromatic ring is 1. The van der Waals surface area contributed by atoms with Crippen LogP contribution < -0.4 is 5.73 Å². The molecule has 106 valence electrons. The van der Waals surface area contributed by atoms with Crippen molar-refractivity contribution in [3.05, 3.63) is 37.5 Å². The normalized spacial score (nSPS) is 11.7. The number of hydrogen-bond acceptors (Lipinski definition) is 3. The van der Waals surface area contributed by atoms with E-state index in [0.29, 0.717) is 21.7 Å². The molecule has 0 fully saturated rings. The van der Waals surface area contributed by atoms with E-state index in [1.165, 1.54) is 0 Å². The first-order valence-corrected chi connectivity index (χ1v) is 7.82. The highest BCUT2D eigenvalue weighted by molar-refractivity contribution is 14.1. The number of nitrogens with two attached hydrogens (primary N) is 1. The number of hydrogen-bond donors (Lipinski definition) is 1. The summed E-state index contributed by atoms with van der Waals surface area (Å²) >= 11 is 14.2. The summed E-state index contributed by atoms with van der Waals surface area (Å²) in [6.45, 7) is 6.27. The number of anilines is 1. The van der Waals surface area contributed by atoms with Gasteiger partial charge in [0.1, 0.15) is 5.82 Å². The topological polar surface area (TPSA) is 51.8 Å². The van der Waals surface area contributed by atoms with E-state index in [1.54, 1.807) is 18.2 Å². The van der Waals surface area contributed by atoms with Gasteiger partial charge >= 0.3 is 0 Å². The molecule has 0 atom stereocenters. The molecule has 0 unspecified atom stereocenters. The zero-order valence-corrected chi connectivity index (χ0v) is 15.0. The lowest BCUT2D eigenvalue weighted by Gasteiger charge is -2.21. The van der Waals surface area contributed by atoms with Gasteiger partial charge < -0.3 is 5.73 Å². The molecule has 6 heteroatoms. The van der Waals surface area contributed by atoms with Crippen LogP contribution in [0, 0.1) is 3.57 Å². The SMILES string of the molecule is CC(C)(C)c1nc(-c2cc(Cl)cc(Cl)c2)nc(N)c1I. The Bertz CT molecular complexity index is 646. The Hall–Kier alpha value is -0.590. The number of nitrogens with zero attached hydrogens (tertiary/aromatic N) is 2. The second-order valence-corrected chi connectivity index (χ2v) is 7.45. The first-order chi connectivity index (χ1) is 9.18. The van der Waals surface area contributed by atoms with Crippen molar-refractivity contribution in [3.63, 3.8) is 0 Å². The maximum absolute atomic E-state index is 6.03. The molecule has 3 nitrogen and oxygen atoms in total. The molecule has 1 aromatic carbocycles. The van der Waals surface area contributed by atoms with Gasteiger partial charge in [0.2, 0.25) is 0 Å². The van der Waals surface area contributed by atoms with Crippen molar-refractivity contribution in [1.29, 1.82) is 0 Å². The molecule has 0 saturated carbocycles. The molecule has 2 aromatic rings. The quantitative estimate of drug-likeness (QED) is 0.663. The van der Waals surface area contributed by atoms with Crippen LogP contribution in [-0.2, 0) is 5.41 Å². The van der Waals surface area contributed by atoms with E-state index in [-0.39, 0.29) is 5.41 Å². The molecular weight excluding hydrogens is 408 g/mol. The van der Waals surface area contributed by atoms with Gasteiger partial charge in [-0.15, -0.1) is 0 Å². The van der Waals surface area contributed by atoms with E-state index in [0.717, 1.165) is 14.8 Å². The summed E-state index contributed by atoms with van der Waals surface area (Å²) in [7, 11) is 0. The van der Waals surface area contributed by atoms with Gasteiger partial charge in [-0.1, -0.05) is 44.0 Å². The van der Waals surface area contributed by atoms with Crippen LogP contribution >= 0.6 is 45.8 Å². The van der Waals surface area contributed by atoms with Crippen molar-refractivity contribution in [2.24, 2.45) is 0 Å². The molecule has 0 radical (unpaired) electrons. The molecular formula is C14H14Cl2IN3. The minimum atomic E-state index is -0.120. The van der Waals surface area contributed by atoms with Crippen molar-refractivity contribution < 1.29 is 0 Å². The molecule has 0 aliphatic rings. The second kappa shape index (κ2) is 5.66. The number of aromatic nitrogens is 2. The van der Waals surface area contributed by atoms with Crippen LogP contribution in [0.1, 0.15) is 26.5 Å². The fourth-order valence-electron chi connectivity index (χ4n) is 1.77. The minimum Gasteiger partial charge on any atom is -0.383 e. The van der Waals surface area contributed by atoms with Crippen LogP contribution in [0.25, 0.3) is 11.4 Å². The van der Waals surface area contributed by atoms with Crippen LogP contribution in [0.5, 0.6) is 0 Å². The van der Waals surface area contributed by atoms with E-state index in [4.69, 9.17) is 28.9 Å². The molecule has 0 aliphatic carbocycles. The highest BCUT2D eigenvalue weighted by Gasteiger charge is 2.22. The number of halogens is 3. The van der Waals surface area contributed by atoms with E-state index in [1.807, 2.05) is 0 Å². The molecule has 20 heavy (non-hydrogen) atoms. The maximum atomic E-state index is 6.03. The number of rotatable bonds is 1. The average Bonchev–Trinajstić information content (AvgIpc) is 2.29. The highest BCUT2D eigenvalue weighted by Crippen LogP contribution is 2.32. The van der Waals surface area contributed by atoms with Gasteiger partial charge in [-0.3, -0.25) is 0 Å². The first kappa shape index (κ1) is 15.8. The maximum Gasteiger partial charge on any atom is 0.161 e. The molecule has 0 aliphatic heterocycles. The molecule has 0 saturated heterocycles. The van der Waals surface area contributed by atoms with Crippen LogP contribution in [0.2, 0.25) is 10.0 Å². The second-order valence-electron chi connectivity index (χ2n) is 5.50. The summed E-state index contributed by atoms with van der Waals surface area (Å²) in [5.74, 6) is 1.01. The van der Waals surface area contributed by atoms with Crippen molar-refractivity contribution in [2.75, 3.05) is 5.73 Å². The predicted molar refractivity (Wildman–Crippen MR) is 93.3 cm³/mol. The predicted octanol–water partition coefficient (Wildman–Crippen LogP) is 4.93. The van der Waals surface area contributed by atoms with Crippen LogP contribution in [0.4, 0.5) is 5.82 Å². The zero-order chi connectivity index (χ0) is 15.1. The summed E-state index contributed by atoms with van der Waals surface area (Å²) in [5.41, 5.74) is 7.56. The monoisotopic (exact) mass is 421 g/mol. The Balaban J connectivity index is 2.67. The molecule has 2 N–H and O–H groups in total. The molecule has 0 spiro atoms. The van der Waals surface area contributed by atoms with Gasteiger partial charge in [0.15, 0.2) is 5.82 Å². The third-order valence-corrected chi connectivity index (χ3v) is 4.21. The van der Waals surface area contributed by atoms with Gasteiger partial charge in [0, 0.05) is 21.0 Å². The van der Waals surface area contributed by atoms with Crippen LogP contribution in [0.3, 0.4) is 0 Å². The Kier molecular flexibility index (Phi) is 4.47. The van der Waals surface area contributed by atoms with E-state index < -0.39 is 0 Å². The zero-order valence-electron chi connectivity index (χ0n) is 11.3. The smallest absolute Gasteiger partial charge is 0.161 e. The van der Waals surface area contributed by atoms with Crippen molar-refractivity contribution in [3.8, 4) is 11.4 Å². The van der Waals surface area contributed by atoms with Crippen LogP contribution in [0.15, 0.2) is 18.2 Å². The fraction of sp³-hybridized carbons (Fsp3) is 0.286. The lowest BCUT2D eigenvalue weighted by molar-refractivity contribution is 0.564. The largest absolute Gasteiger partial charge is 0.383 e. The summed E-state index contributed by atoms with van der Waals surface area (Å²) in [6.07, 6.45) is 0. The van der Waals surface area contributed by atoms with Gasteiger partial charge in [-0.25, -0.2) is 9.97 Å². The first-order valence-electron chi connectivity index (χ1n) is 5.98. The lowest BCUT2D eigenvalue weighted by atomic mass is 9.92.